The second-order valence-electron chi connectivity index (χ2n) is 3.94. The van der Waals surface area contributed by atoms with Gasteiger partial charge in [0.2, 0.25) is 0 Å². The summed E-state index contributed by atoms with van der Waals surface area (Å²) in [5.41, 5.74) is 5.15. The number of anilines is 3. The fourth-order valence-electron chi connectivity index (χ4n) is 1.66. The van der Waals surface area contributed by atoms with Crippen LogP contribution in [0.5, 0.6) is 0 Å². The molecule has 0 radical (unpaired) electrons. The fraction of sp³-hybridized carbons (Fsp3) is 0. The van der Waals surface area contributed by atoms with Gasteiger partial charge in [0.15, 0.2) is 0 Å². The van der Waals surface area contributed by atoms with Crippen molar-refractivity contribution in [3.05, 3.63) is 52.0 Å². The van der Waals surface area contributed by atoms with Crippen LogP contribution in [0.15, 0.2) is 34.8 Å². The summed E-state index contributed by atoms with van der Waals surface area (Å²) in [7, 11) is 0. The lowest BCUT2D eigenvalue weighted by Gasteiger charge is -2.13. The van der Waals surface area contributed by atoms with Crippen molar-refractivity contribution in [2.24, 2.45) is 0 Å². The number of hydrogen-bond donors (Lipinski definition) is 3. The normalized spacial score (nSPS) is 10.3. The zero-order chi connectivity index (χ0) is 14.9. The molecular formula is C13H9BrF2N2O2. The van der Waals surface area contributed by atoms with E-state index in [4.69, 9.17) is 10.8 Å². The molecule has 0 spiro atoms. The summed E-state index contributed by atoms with van der Waals surface area (Å²) in [6, 6.07) is 6.16. The number of hydrogen-bond acceptors (Lipinski definition) is 3. The molecule has 0 heterocycles. The number of rotatable bonds is 3. The zero-order valence-corrected chi connectivity index (χ0v) is 11.5. The average Bonchev–Trinajstić information content (AvgIpc) is 2.36. The maximum absolute atomic E-state index is 13.3. The lowest BCUT2D eigenvalue weighted by molar-refractivity contribution is 0.0698. The van der Waals surface area contributed by atoms with Gasteiger partial charge in [-0.05, 0) is 46.3 Å². The SMILES string of the molecule is Nc1c(F)ccc(Nc2ccc(F)cc2Br)c1C(=O)O. The quantitative estimate of drug-likeness (QED) is 0.742. The van der Waals surface area contributed by atoms with Crippen molar-refractivity contribution in [1.82, 2.24) is 0 Å². The Balaban J connectivity index is 2.48. The van der Waals surface area contributed by atoms with E-state index in [1.54, 1.807) is 0 Å². The Kier molecular flexibility index (Phi) is 3.89. The summed E-state index contributed by atoms with van der Waals surface area (Å²) >= 11 is 3.14. The summed E-state index contributed by atoms with van der Waals surface area (Å²) in [6.45, 7) is 0. The first-order valence-corrected chi connectivity index (χ1v) is 6.23. The highest BCUT2D eigenvalue weighted by atomic mass is 79.9. The molecule has 2 aromatic carbocycles. The molecule has 4 N–H and O–H groups in total. The zero-order valence-electron chi connectivity index (χ0n) is 9.95. The summed E-state index contributed by atoms with van der Waals surface area (Å²) in [5.74, 6) is -2.62. The number of carboxylic acid groups (broad SMARTS) is 1. The first-order valence-electron chi connectivity index (χ1n) is 5.43. The van der Waals surface area contributed by atoms with Crippen LogP contribution in [0.25, 0.3) is 0 Å². The summed E-state index contributed by atoms with van der Waals surface area (Å²) in [5, 5.41) is 11.9. The van der Waals surface area contributed by atoms with E-state index >= 15 is 0 Å². The van der Waals surface area contributed by atoms with Crippen molar-refractivity contribution >= 4 is 39.0 Å². The molecule has 0 fully saturated rings. The van der Waals surface area contributed by atoms with Gasteiger partial charge in [0.25, 0.3) is 0 Å². The molecule has 0 unspecified atom stereocenters. The first kappa shape index (κ1) is 14.3. The van der Waals surface area contributed by atoms with Crippen molar-refractivity contribution in [3.8, 4) is 0 Å². The number of aromatic carboxylic acids is 1. The van der Waals surface area contributed by atoms with Crippen LogP contribution in [0.4, 0.5) is 25.8 Å². The minimum Gasteiger partial charge on any atom is -0.478 e. The molecule has 4 nitrogen and oxygen atoms in total. The molecule has 0 amide bonds. The molecule has 0 aromatic heterocycles. The fourth-order valence-corrected chi connectivity index (χ4v) is 2.11. The number of benzene rings is 2. The van der Waals surface area contributed by atoms with Gasteiger partial charge in [-0.25, -0.2) is 13.6 Å². The van der Waals surface area contributed by atoms with Gasteiger partial charge in [-0.2, -0.15) is 0 Å². The maximum atomic E-state index is 13.3. The van der Waals surface area contributed by atoms with E-state index in [1.165, 1.54) is 24.3 Å². The minimum atomic E-state index is -1.36. The number of carbonyl (C=O) groups is 1. The van der Waals surface area contributed by atoms with Gasteiger partial charge in [0.05, 0.1) is 17.1 Å². The monoisotopic (exact) mass is 342 g/mol. The Morgan fingerprint density at radius 3 is 2.45 bits per heavy atom. The van der Waals surface area contributed by atoms with Gasteiger partial charge >= 0.3 is 5.97 Å². The number of halogens is 3. The summed E-state index contributed by atoms with van der Waals surface area (Å²) in [4.78, 5) is 11.2. The molecule has 0 aliphatic heterocycles. The highest BCUT2D eigenvalue weighted by molar-refractivity contribution is 9.10. The molecular weight excluding hydrogens is 334 g/mol. The van der Waals surface area contributed by atoms with Crippen LogP contribution >= 0.6 is 15.9 Å². The second kappa shape index (κ2) is 5.46. The molecule has 0 aliphatic rings. The van der Waals surface area contributed by atoms with Crippen molar-refractivity contribution in [1.29, 1.82) is 0 Å². The van der Waals surface area contributed by atoms with Crippen molar-refractivity contribution in [3.63, 3.8) is 0 Å². The van der Waals surface area contributed by atoms with E-state index in [2.05, 4.69) is 21.2 Å². The molecule has 0 aliphatic carbocycles. The second-order valence-corrected chi connectivity index (χ2v) is 4.79. The van der Waals surface area contributed by atoms with Gasteiger partial charge < -0.3 is 16.2 Å². The Labute approximate surface area is 121 Å². The first-order chi connectivity index (χ1) is 9.40. The predicted octanol–water partition coefficient (Wildman–Crippen LogP) is 3.75. The number of nitrogens with one attached hydrogen (secondary N) is 1. The van der Waals surface area contributed by atoms with Gasteiger partial charge in [-0.1, -0.05) is 0 Å². The standard InChI is InChI=1S/C13H9BrF2N2O2/c14-7-5-6(15)1-3-9(7)18-10-4-2-8(16)12(17)11(10)13(19)20/h1-5,18H,17H2,(H,19,20). The van der Waals surface area contributed by atoms with Gasteiger partial charge in [-0.3, -0.25) is 0 Å². The van der Waals surface area contributed by atoms with Crippen molar-refractivity contribution in [2.45, 2.75) is 0 Å². The molecule has 104 valence electrons. The lowest BCUT2D eigenvalue weighted by Crippen LogP contribution is -2.09. The Morgan fingerprint density at radius 2 is 1.85 bits per heavy atom. The highest BCUT2D eigenvalue weighted by Crippen LogP contribution is 2.31. The maximum Gasteiger partial charge on any atom is 0.340 e. The Hall–Kier alpha value is -2.15. The van der Waals surface area contributed by atoms with E-state index in [-0.39, 0.29) is 11.3 Å². The van der Waals surface area contributed by atoms with Gasteiger partial charge in [0, 0.05) is 4.47 Å². The highest BCUT2D eigenvalue weighted by Gasteiger charge is 2.18. The molecule has 0 saturated heterocycles. The van der Waals surface area contributed by atoms with Crippen LogP contribution < -0.4 is 11.1 Å². The van der Waals surface area contributed by atoms with E-state index in [0.29, 0.717) is 10.2 Å². The topological polar surface area (TPSA) is 75.3 Å². The van der Waals surface area contributed by atoms with Crippen LogP contribution in [0.3, 0.4) is 0 Å². The number of nitrogen functional groups attached to an aromatic ring is 1. The molecule has 0 bridgehead atoms. The molecule has 0 atom stereocenters. The smallest absolute Gasteiger partial charge is 0.340 e. The summed E-state index contributed by atoms with van der Waals surface area (Å²) < 4.78 is 26.7. The van der Waals surface area contributed by atoms with Gasteiger partial charge in [-0.15, -0.1) is 0 Å². The average molecular weight is 343 g/mol. The molecule has 2 rings (SSSR count). The minimum absolute atomic E-state index is 0.115. The largest absolute Gasteiger partial charge is 0.478 e. The van der Waals surface area contributed by atoms with Crippen LogP contribution in [0, 0.1) is 11.6 Å². The van der Waals surface area contributed by atoms with Crippen LogP contribution in [0.1, 0.15) is 10.4 Å². The van der Waals surface area contributed by atoms with E-state index in [0.717, 1.165) is 6.07 Å². The summed E-state index contributed by atoms with van der Waals surface area (Å²) in [6.07, 6.45) is 0. The Morgan fingerprint density at radius 1 is 1.20 bits per heavy atom. The number of carboxylic acids is 1. The molecule has 2 aromatic rings. The molecule has 7 heteroatoms. The molecule has 0 saturated carbocycles. The van der Waals surface area contributed by atoms with Crippen LogP contribution in [-0.2, 0) is 0 Å². The van der Waals surface area contributed by atoms with Crippen LogP contribution in [-0.4, -0.2) is 11.1 Å². The van der Waals surface area contributed by atoms with E-state index in [9.17, 15) is 13.6 Å². The number of nitrogens with two attached hydrogens (primary N) is 1. The van der Waals surface area contributed by atoms with Crippen molar-refractivity contribution < 1.29 is 18.7 Å². The Bertz CT molecular complexity index is 692. The lowest BCUT2D eigenvalue weighted by atomic mass is 10.1. The van der Waals surface area contributed by atoms with Crippen molar-refractivity contribution in [2.75, 3.05) is 11.1 Å². The third-order valence-electron chi connectivity index (χ3n) is 2.61. The third-order valence-corrected chi connectivity index (χ3v) is 3.26. The van der Waals surface area contributed by atoms with Crippen LogP contribution in [0.2, 0.25) is 0 Å². The van der Waals surface area contributed by atoms with E-state index < -0.39 is 23.3 Å². The van der Waals surface area contributed by atoms with E-state index in [1.807, 2.05) is 0 Å². The predicted molar refractivity (Wildman–Crippen MR) is 75.2 cm³/mol. The molecule has 20 heavy (non-hydrogen) atoms. The third kappa shape index (κ3) is 2.72. The van der Waals surface area contributed by atoms with Gasteiger partial charge in [0.1, 0.15) is 17.2 Å².